The number of ketones is 1. The molecular formula is C51H74N10O30. The van der Waals surface area contributed by atoms with Gasteiger partial charge in [0, 0.05) is 64.2 Å². The smallest absolute Gasteiger partial charge is 0.303 e. The Hall–Kier alpha value is -10.4. The second-order valence-corrected chi connectivity index (χ2v) is 20.1. The van der Waals surface area contributed by atoms with Gasteiger partial charge in [-0.25, -0.2) is 0 Å². The first-order valence-corrected chi connectivity index (χ1v) is 27.5. The van der Waals surface area contributed by atoms with E-state index in [9.17, 15) is 137 Å². The van der Waals surface area contributed by atoms with Gasteiger partial charge in [-0.1, -0.05) is 0 Å². The number of rotatable bonds is 49. The average Bonchev–Trinajstić information content (AvgIpc) is 1.66. The number of carbonyl (C=O) groups excluding carboxylic acids is 10. The van der Waals surface area contributed by atoms with Crippen molar-refractivity contribution in [2.45, 2.75) is 196 Å². The minimum atomic E-state index is -2.16. The Kier molecular flexibility index (Phi) is 36.9. The maximum Gasteiger partial charge on any atom is 0.303 e. The highest BCUT2D eigenvalue weighted by molar-refractivity contribution is 5.99. The van der Waals surface area contributed by atoms with Crippen LogP contribution in [0.15, 0.2) is 0 Å². The summed E-state index contributed by atoms with van der Waals surface area (Å²) in [6.07, 6.45) is -16.4. The molecule has 0 aromatic rings. The average molecular weight is 1310 g/mol. The normalized spacial score (nSPS) is 14.0. The Labute approximate surface area is 513 Å². The first-order chi connectivity index (χ1) is 42.3. The number of nitrogens with two attached hydrogens (primary N) is 1. The summed E-state index contributed by atoms with van der Waals surface area (Å²) in [5.41, 5.74) is 5.70. The minimum Gasteiger partial charge on any atom is -0.481 e. The maximum atomic E-state index is 14.1. The first kappa shape index (κ1) is 80.6. The summed E-state index contributed by atoms with van der Waals surface area (Å²) < 4.78 is 0. The van der Waals surface area contributed by atoms with Crippen LogP contribution in [0.4, 0.5) is 0 Å². The highest BCUT2D eigenvalue weighted by atomic mass is 16.4. The van der Waals surface area contributed by atoms with Crippen LogP contribution in [-0.2, 0) is 95.9 Å². The van der Waals surface area contributed by atoms with E-state index in [2.05, 4.69) is 26.6 Å². The molecule has 0 aliphatic carbocycles. The van der Waals surface area contributed by atoms with Gasteiger partial charge < -0.3 is 105 Å². The van der Waals surface area contributed by atoms with Crippen LogP contribution in [0, 0.1) is 0 Å². The third kappa shape index (κ3) is 35.8. The minimum absolute atomic E-state index is 0.461. The van der Waals surface area contributed by atoms with Gasteiger partial charge in [0.15, 0.2) is 5.78 Å². The summed E-state index contributed by atoms with van der Waals surface area (Å²) in [6.45, 7) is 0.974. The Morgan fingerprint density at radius 2 is 0.341 bits per heavy atom. The molecule has 0 heterocycles. The quantitative estimate of drug-likeness (QED) is 0.0270. The molecule has 40 heteroatoms. The number of hydrogen-bond acceptors (Lipinski definition) is 21. The molecule has 0 saturated heterocycles. The predicted molar refractivity (Wildman–Crippen MR) is 295 cm³/mol. The predicted octanol–water partition coefficient (Wildman–Crippen LogP) is -6.09. The van der Waals surface area contributed by atoms with Gasteiger partial charge in [0.05, 0.1) is 12.1 Å². The van der Waals surface area contributed by atoms with Gasteiger partial charge in [-0.2, -0.15) is 0 Å². The van der Waals surface area contributed by atoms with Crippen molar-refractivity contribution in [2.75, 3.05) is 0 Å². The molecule has 9 amide bonds. The van der Waals surface area contributed by atoms with Crippen molar-refractivity contribution in [1.29, 1.82) is 0 Å². The van der Waals surface area contributed by atoms with Crippen LogP contribution in [0.1, 0.15) is 135 Å². The van der Waals surface area contributed by atoms with E-state index in [1.54, 1.807) is 0 Å². The topological polar surface area (TPSA) is 678 Å². The second-order valence-electron chi connectivity index (χ2n) is 20.1. The van der Waals surface area contributed by atoms with Crippen molar-refractivity contribution < 1.29 is 147 Å². The fourth-order valence-corrected chi connectivity index (χ4v) is 7.81. The van der Waals surface area contributed by atoms with E-state index < -0.39 is 307 Å². The number of Topliss-reactive ketones (excluding diaryl/α,β-unsaturated/α-hetero) is 1. The lowest BCUT2D eigenvalue weighted by Crippen LogP contribution is -2.60. The highest BCUT2D eigenvalue weighted by Gasteiger charge is 2.37. The highest BCUT2D eigenvalue weighted by Crippen LogP contribution is 2.12. The lowest BCUT2D eigenvalue weighted by molar-refractivity contribution is -0.141. The molecule has 0 aromatic carbocycles. The number of carbonyl (C=O) groups is 20. The lowest BCUT2D eigenvalue weighted by Gasteiger charge is -2.28. The Morgan fingerprint density at radius 1 is 0.220 bits per heavy atom. The van der Waals surface area contributed by atoms with E-state index in [0.717, 1.165) is 6.92 Å². The molecule has 0 fully saturated rings. The Bertz CT molecular complexity index is 2720. The van der Waals surface area contributed by atoms with E-state index >= 15 is 0 Å². The zero-order valence-corrected chi connectivity index (χ0v) is 48.6. The van der Waals surface area contributed by atoms with Gasteiger partial charge in [0.25, 0.3) is 0 Å². The summed E-state index contributed by atoms with van der Waals surface area (Å²) in [4.78, 5) is 251. The van der Waals surface area contributed by atoms with Crippen molar-refractivity contribution in [3.05, 3.63) is 0 Å². The number of amides is 9. The molecule has 0 unspecified atom stereocenters. The van der Waals surface area contributed by atoms with Crippen molar-refractivity contribution in [3.8, 4) is 0 Å². The van der Waals surface area contributed by atoms with Gasteiger partial charge in [0.2, 0.25) is 53.2 Å². The summed E-state index contributed by atoms with van der Waals surface area (Å²) in [6, 6.07) is -19.4. The number of carboxylic acid groups (broad SMARTS) is 10. The number of hydrogen-bond donors (Lipinski definition) is 20. The molecule has 0 saturated carbocycles. The van der Waals surface area contributed by atoms with Crippen LogP contribution in [0.3, 0.4) is 0 Å². The molecule has 0 radical (unpaired) electrons. The van der Waals surface area contributed by atoms with Crippen LogP contribution in [0.2, 0.25) is 0 Å². The van der Waals surface area contributed by atoms with Gasteiger partial charge >= 0.3 is 59.7 Å². The van der Waals surface area contributed by atoms with Gasteiger partial charge in [-0.05, 0) is 71.1 Å². The van der Waals surface area contributed by atoms with Crippen LogP contribution >= 0.6 is 0 Å². The maximum absolute atomic E-state index is 14.1. The largest absolute Gasteiger partial charge is 0.481 e. The first-order valence-electron chi connectivity index (χ1n) is 27.5. The van der Waals surface area contributed by atoms with Crippen LogP contribution < -0.4 is 53.6 Å². The molecule has 40 nitrogen and oxygen atoms in total. The number of carboxylic acids is 10. The van der Waals surface area contributed by atoms with E-state index in [4.69, 9.17) is 15.9 Å². The van der Waals surface area contributed by atoms with E-state index in [1.165, 1.54) is 0 Å². The van der Waals surface area contributed by atoms with Crippen molar-refractivity contribution >= 4 is 119 Å². The third-order valence-corrected chi connectivity index (χ3v) is 12.7. The molecule has 0 bridgehead atoms. The SMILES string of the molecule is CC(=O)[C@H](CCC(=O)O)NC(=O)[C@H](CCC(=O)O)NC(=O)[C@H](CCC(=O)O)NC(=O)[C@H](CCC(=O)O)NC(=O)[C@H](CCC(=O)O)NC(=O)[C@H](CCC(=O)O)NC(=O)[C@H](CCC(=O)O)NC(=O)[C@H](CCC(=O)O)NC(=O)[C@H](CCC(=O)O)NC(=O)[C@@H](N)CCC(=O)O. The molecule has 0 aromatic heterocycles. The van der Waals surface area contributed by atoms with Gasteiger partial charge in [-0.3, -0.25) is 95.9 Å². The molecule has 0 rings (SSSR count). The van der Waals surface area contributed by atoms with Gasteiger partial charge in [-0.15, -0.1) is 0 Å². The molecule has 0 aliphatic rings. The van der Waals surface area contributed by atoms with Crippen LogP contribution in [-0.4, -0.2) is 230 Å². The molecule has 0 spiro atoms. The molecule has 508 valence electrons. The van der Waals surface area contributed by atoms with E-state index in [0.29, 0.717) is 0 Å². The fourth-order valence-electron chi connectivity index (χ4n) is 7.81. The summed E-state index contributed by atoms with van der Waals surface area (Å²) in [7, 11) is 0. The molecule has 10 atom stereocenters. The second kappa shape index (κ2) is 41.7. The summed E-state index contributed by atoms with van der Waals surface area (Å²) in [5, 5.41) is 112. The molecular weight excluding hydrogens is 1230 g/mol. The van der Waals surface area contributed by atoms with Crippen LogP contribution in [0.5, 0.6) is 0 Å². The Balaban J connectivity index is 7.27. The van der Waals surface area contributed by atoms with Crippen molar-refractivity contribution in [2.24, 2.45) is 5.73 Å². The standard InChI is InChI=1S/C51H74N10O30/c1-22(62)24(3-13-34(65)66)53-44(84)26(5-15-36(69)70)55-46(86)28(7-17-38(73)74)57-48(88)30(9-19-40(77)78)59-50(90)32(11-21-42(81)82)61-51(91)31(10-20-41(79)80)60-49(89)29(8-18-39(75)76)58-47(87)27(6-16-37(71)72)56-45(85)25(4-14-35(67)68)54-43(83)23(52)2-12-33(63)64/h23-32H,2-21,52H2,1H3,(H,53,84)(H,54,83)(H,55,86)(H,56,85)(H,57,88)(H,58,87)(H,59,90)(H,60,89)(H,61,91)(H,63,64)(H,65,66)(H,67,68)(H,69,70)(H,71,72)(H,73,74)(H,75,76)(H,77,78)(H,79,80)(H,81,82)/t23-,24-,25-,26-,27-,28-,29-,30-,31-,32-/m0/s1. The molecule has 21 N–H and O–H groups in total. The van der Waals surface area contributed by atoms with E-state index in [1.807, 2.05) is 21.3 Å². The Morgan fingerprint density at radius 3 is 0.484 bits per heavy atom. The summed E-state index contributed by atoms with van der Waals surface area (Å²) >= 11 is 0. The monoisotopic (exact) mass is 1310 g/mol. The number of nitrogens with one attached hydrogen (secondary N) is 9. The van der Waals surface area contributed by atoms with E-state index in [-0.39, 0.29) is 0 Å². The number of aliphatic carboxylic acids is 10. The molecule has 0 aliphatic heterocycles. The van der Waals surface area contributed by atoms with Gasteiger partial charge in [0.1, 0.15) is 48.3 Å². The summed E-state index contributed by atoms with van der Waals surface area (Å²) in [5.74, 6) is -29.0. The molecule has 91 heavy (non-hydrogen) atoms. The van der Waals surface area contributed by atoms with Crippen LogP contribution in [0.25, 0.3) is 0 Å². The fraction of sp³-hybridized carbons (Fsp3) is 0.608. The zero-order chi connectivity index (χ0) is 69.8. The lowest BCUT2D eigenvalue weighted by atomic mass is 10.0. The zero-order valence-electron chi connectivity index (χ0n) is 48.6. The van der Waals surface area contributed by atoms with Crippen molar-refractivity contribution in [3.63, 3.8) is 0 Å². The third-order valence-electron chi connectivity index (χ3n) is 12.7. The van der Waals surface area contributed by atoms with Crippen molar-refractivity contribution in [1.82, 2.24) is 47.9 Å².